The van der Waals surface area contributed by atoms with Gasteiger partial charge in [0.25, 0.3) is 0 Å². The van der Waals surface area contributed by atoms with E-state index in [1.165, 1.54) is 0 Å². The van der Waals surface area contributed by atoms with E-state index in [0.717, 1.165) is 49.5 Å². The molecule has 2 heterocycles. The molecule has 0 aliphatic carbocycles. The second-order valence-corrected chi connectivity index (χ2v) is 5.97. The summed E-state index contributed by atoms with van der Waals surface area (Å²) in [5, 5.41) is 3.31. The first-order chi connectivity index (χ1) is 10.7. The number of nitrogens with one attached hydrogen (secondary N) is 1. The zero-order valence-corrected chi connectivity index (χ0v) is 14.4. The topological polar surface area (TPSA) is 50.8 Å². The van der Waals surface area contributed by atoms with Gasteiger partial charge in [0.1, 0.15) is 0 Å². The van der Waals surface area contributed by atoms with Gasteiger partial charge in [-0.3, -0.25) is 4.79 Å². The molecule has 1 atom stereocenters. The Balaban J connectivity index is 0.00000192. The van der Waals surface area contributed by atoms with Crippen LogP contribution in [0.2, 0.25) is 0 Å². The van der Waals surface area contributed by atoms with Crippen LogP contribution in [-0.2, 0) is 11.2 Å². The van der Waals surface area contributed by atoms with Gasteiger partial charge in [-0.2, -0.15) is 0 Å². The van der Waals surface area contributed by atoms with Gasteiger partial charge in [-0.25, -0.2) is 0 Å². The highest BCUT2D eigenvalue weighted by Crippen LogP contribution is 2.30. The molecule has 1 aromatic rings. The lowest BCUT2D eigenvalue weighted by atomic mass is 10.1. The second-order valence-electron chi connectivity index (χ2n) is 5.97. The Hall–Kier alpha value is -1.46. The van der Waals surface area contributed by atoms with Gasteiger partial charge in [-0.1, -0.05) is 6.07 Å². The second kappa shape index (κ2) is 8.41. The van der Waals surface area contributed by atoms with E-state index in [-0.39, 0.29) is 24.4 Å². The van der Waals surface area contributed by atoms with E-state index in [1.54, 1.807) is 0 Å². The minimum Gasteiger partial charge on any atom is -0.490 e. The van der Waals surface area contributed by atoms with Crippen LogP contribution in [0.4, 0.5) is 0 Å². The van der Waals surface area contributed by atoms with Crippen molar-refractivity contribution < 1.29 is 14.3 Å². The zero-order valence-electron chi connectivity index (χ0n) is 13.5. The van der Waals surface area contributed by atoms with Crippen LogP contribution in [0.25, 0.3) is 0 Å². The molecule has 2 aliphatic heterocycles. The molecule has 5 nitrogen and oxygen atoms in total. The molecule has 6 heteroatoms. The summed E-state index contributed by atoms with van der Waals surface area (Å²) in [6.07, 6.45) is 2.19. The van der Waals surface area contributed by atoms with Gasteiger partial charge >= 0.3 is 0 Å². The number of carbonyl (C=O) groups is 1. The smallest absolute Gasteiger partial charge is 0.223 e. The molecule has 1 aromatic carbocycles. The Kier molecular flexibility index (Phi) is 6.54. The van der Waals surface area contributed by atoms with Crippen LogP contribution >= 0.6 is 12.4 Å². The molecule has 1 fully saturated rings. The number of halogens is 1. The maximum atomic E-state index is 12.4. The molecule has 23 heavy (non-hydrogen) atoms. The largest absolute Gasteiger partial charge is 0.490 e. The third kappa shape index (κ3) is 4.52. The Bertz CT molecular complexity index is 539. The number of hydrogen-bond donors (Lipinski definition) is 1. The fraction of sp³-hybridized carbons (Fsp3) is 0.588. The molecular weight excluding hydrogens is 316 g/mol. The summed E-state index contributed by atoms with van der Waals surface area (Å²) in [4.78, 5) is 14.4. The van der Waals surface area contributed by atoms with Crippen LogP contribution in [0.5, 0.6) is 11.5 Å². The maximum Gasteiger partial charge on any atom is 0.223 e. The molecular formula is C17H25ClN2O3. The first-order valence-electron chi connectivity index (χ1n) is 8.13. The number of ether oxygens (including phenoxy) is 2. The third-order valence-corrected chi connectivity index (χ3v) is 4.26. The number of piperazine rings is 1. The number of carbonyl (C=O) groups excluding carboxylic acids is 1. The van der Waals surface area contributed by atoms with E-state index in [0.29, 0.717) is 19.6 Å². The quantitative estimate of drug-likeness (QED) is 0.914. The summed E-state index contributed by atoms with van der Waals surface area (Å²) in [5.41, 5.74) is 1.13. The summed E-state index contributed by atoms with van der Waals surface area (Å²) in [6, 6.07) is 6.27. The van der Waals surface area contributed by atoms with Crippen molar-refractivity contribution in [2.45, 2.75) is 32.2 Å². The molecule has 0 radical (unpaired) electrons. The standard InChI is InChI=1S/C17H24N2O3.ClH/c1-13-12-18-7-8-19(13)17(20)6-4-14-3-5-15-16(11-14)22-10-2-9-21-15;/h3,5,11,13,18H,2,4,6-10,12H2,1H3;1H. The summed E-state index contributed by atoms with van der Waals surface area (Å²) in [6.45, 7) is 6.06. The van der Waals surface area contributed by atoms with Crippen molar-refractivity contribution in [3.63, 3.8) is 0 Å². The van der Waals surface area contributed by atoms with Crippen LogP contribution in [0.15, 0.2) is 18.2 Å². The molecule has 0 spiro atoms. The summed E-state index contributed by atoms with van der Waals surface area (Å²) >= 11 is 0. The number of amides is 1. The summed E-state index contributed by atoms with van der Waals surface area (Å²) < 4.78 is 11.3. The fourth-order valence-corrected chi connectivity index (χ4v) is 2.97. The van der Waals surface area contributed by atoms with E-state index in [1.807, 2.05) is 23.1 Å². The van der Waals surface area contributed by atoms with Crippen LogP contribution in [-0.4, -0.2) is 49.7 Å². The first kappa shape index (κ1) is 17.9. The van der Waals surface area contributed by atoms with Crippen LogP contribution in [0.3, 0.4) is 0 Å². The van der Waals surface area contributed by atoms with Gasteiger partial charge in [0.15, 0.2) is 11.5 Å². The van der Waals surface area contributed by atoms with Crippen LogP contribution in [0.1, 0.15) is 25.3 Å². The number of fused-ring (bicyclic) bond motifs is 1. The maximum absolute atomic E-state index is 12.4. The highest BCUT2D eigenvalue weighted by atomic mass is 35.5. The predicted molar refractivity (Wildman–Crippen MR) is 91.7 cm³/mol. The number of rotatable bonds is 3. The molecule has 3 rings (SSSR count). The molecule has 2 aliphatic rings. The number of nitrogens with zero attached hydrogens (tertiary/aromatic N) is 1. The Morgan fingerprint density at radius 1 is 1.30 bits per heavy atom. The average Bonchev–Trinajstić information content (AvgIpc) is 2.78. The molecule has 1 amide bonds. The van der Waals surface area contributed by atoms with Gasteiger partial charge < -0.3 is 19.7 Å². The van der Waals surface area contributed by atoms with Crippen molar-refractivity contribution in [3.8, 4) is 11.5 Å². The van der Waals surface area contributed by atoms with Crippen molar-refractivity contribution in [1.82, 2.24) is 10.2 Å². The third-order valence-electron chi connectivity index (χ3n) is 4.26. The van der Waals surface area contributed by atoms with Crippen molar-refractivity contribution >= 4 is 18.3 Å². The SMILES string of the molecule is CC1CNCCN1C(=O)CCc1ccc2c(c1)OCCCO2.Cl. The monoisotopic (exact) mass is 340 g/mol. The first-order valence-corrected chi connectivity index (χ1v) is 8.13. The highest BCUT2D eigenvalue weighted by molar-refractivity contribution is 5.85. The molecule has 1 N–H and O–H groups in total. The minimum absolute atomic E-state index is 0. The Morgan fingerprint density at radius 3 is 2.87 bits per heavy atom. The molecule has 1 saturated heterocycles. The van der Waals surface area contributed by atoms with Gasteiger partial charge in [-0.05, 0) is 31.0 Å². The minimum atomic E-state index is 0. The van der Waals surface area contributed by atoms with Gasteiger partial charge in [-0.15, -0.1) is 12.4 Å². The summed E-state index contributed by atoms with van der Waals surface area (Å²) in [5.74, 6) is 1.85. The van der Waals surface area contributed by atoms with Crippen molar-refractivity contribution in [2.24, 2.45) is 0 Å². The van der Waals surface area contributed by atoms with Crippen molar-refractivity contribution in [1.29, 1.82) is 0 Å². The number of aryl methyl sites for hydroxylation is 1. The Morgan fingerprint density at radius 2 is 2.09 bits per heavy atom. The van der Waals surface area contributed by atoms with E-state index in [4.69, 9.17) is 9.47 Å². The normalized spacial score (nSPS) is 20.4. The van der Waals surface area contributed by atoms with Gasteiger partial charge in [0.05, 0.1) is 13.2 Å². The number of benzene rings is 1. The van der Waals surface area contributed by atoms with Crippen LogP contribution < -0.4 is 14.8 Å². The molecule has 1 unspecified atom stereocenters. The molecule has 0 bridgehead atoms. The van der Waals surface area contributed by atoms with Gasteiger partial charge in [0.2, 0.25) is 5.91 Å². The summed E-state index contributed by atoms with van der Waals surface area (Å²) in [7, 11) is 0. The van der Waals surface area contributed by atoms with Crippen molar-refractivity contribution in [3.05, 3.63) is 23.8 Å². The van der Waals surface area contributed by atoms with Crippen LogP contribution in [0, 0.1) is 0 Å². The molecule has 0 aromatic heterocycles. The molecule has 0 saturated carbocycles. The van der Waals surface area contributed by atoms with E-state index in [9.17, 15) is 4.79 Å². The molecule has 128 valence electrons. The lowest BCUT2D eigenvalue weighted by Gasteiger charge is -2.34. The van der Waals surface area contributed by atoms with Gasteiger partial charge in [0, 0.05) is 38.5 Å². The van der Waals surface area contributed by atoms with Crippen molar-refractivity contribution in [2.75, 3.05) is 32.8 Å². The number of hydrogen-bond acceptors (Lipinski definition) is 4. The van der Waals surface area contributed by atoms with E-state index >= 15 is 0 Å². The zero-order chi connectivity index (χ0) is 15.4. The van der Waals surface area contributed by atoms with E-state index in [2.05, 4.69) is 12.2 Å². The lowest BCUT2D eigenvalue weighted by Crippen LogP contribution is -2.52. The van der Waals surface area contributed by atoms with E-state index < -0.39 is 0 Å². The Labute approximate surface area is 143 Å². The lowest BCUT2D eigenvalue weighted by molar-refractivity contribution is -0.133. The predicted octanol–water partition coefficient (Wildman–Crippen LogP) is 2.02. The highest BCUT2D eigenvalue weighted by Gasteiger charge is 2.22. The fourth-order valence-electron chi connectivity index (χ4n) is 2.97. The average molecular weight is 341 g/mol.